The molecule has 1 N–H and O–H groups in total. The van der Waals surface area contributed by atoms with E-state index in [2.05, 4.69) is 0 Å². The fraction of sp³-hybridized carbons (Fsp3) is 0.333. The standard InChI is InChI=1S/C15H17NO5/c1-20-9-7-16(6-8-17)14(18)12-10-11-4-2-3-5-13(11)21-15(12)19/h2-5,10,17H,6-9H2,1H3. The van der Waals surface area contributed by atoms with Crippen LogP contribution < -0.4 is 5.63 Å². The van der Waals surface area contributed by atoms with Crippen molar-refractivity contribution in [3.63, 3.8) is 0 Å². The van der Waals surface area contributed by atoms with Crippen LogP contribution in [0.3, 0.4) is 0 Å². The number of carbonyl (C=O) groups excluding carboxylic acids is 1. The number of carbonyl (C=O) groups is 1. The zero-order valence-electron chi connectivity index (χ0n) is 11.7. The number of benzene rings is 1. The van der Waals surface area contributed by atoms with E-state index >= 15 is 0 Å². The second-order valence-electron chi connectivity index (χ2n) is 4.49. The smallest absolute Gasteiger partial charge is 0.349 e. The van der Waals surface area contributed by atoms with Gasteiger partial charge in [-0.1, -0.05) is 18.2 Å². The van der Waals surface area contributed by atoms with Crippen LogP contribution in [-0.4, -0.2) is 49.3 Å². The van der Waals surface area contributed by atoms with E-state index in [1.165, 1.54) is 18.1 Å². The lowest BCUT2D eigenvalue weighted by Crippen LogP contribution is -2.38. The van der Waals surface area contributed by atoms with Crippen LogP contribution >= 0.6 is 0 Å². The maximum Gasteiger partial charge on any atom is 0.349 e. The van der Waals surface area contributed by atoms with E-state index in [0.717, 1.165) is 0 Å². The number of rotatable bonds is 6. The molecule has 6 heteroatoms. The summed E-state index contributed by atoms with van der Waals surface area (Å²) in [5.41, 5.74) is -0.290. The molecule has 21 heavy (non-hydrogen) atoms. The number of fused-ring (bicyclic) bond motifs is 1. The Kier molecular flexibility index (Phi) is 5.08. The van der Waals surface area contributed by atoms with Crippen LogP contribution in [0.1, 0.15) is 10.4 Å². The lowest BCUT2D eigenvalue weighted by Gasteiger charge is -2.20. The quantitative estimate of drug-likeness (QED) is 0.799. The third-order valence-corrected chi connectivity index (χ3v) is 3.09. The van der Waals surface area contributed by atoms with Crippen LogP contribution in [0.15, 0.2) is 39.5 Å². The number of amides is 1. The van der Waals surface area contributed by atoms with Crippen molar-refractivity contribution < 1.29 is 19.1 Å². The molecule has 2 aromatic rings. The van der Waals surface area contributed by atoms with Gasteiger partial charge in [-0.05, 0) is 12.1 Å². The molecule has 0 saturated heterocycles. The average molecular weight is 291 g/mol. The summed E-state index contributed by atoms with van der Waals surface area (Å²) in [6.07, 6.45) is 0. The van der Waals surface area contributed by atoms with E-state index < -0.39 is 11.5 Å². The highest BCUT2D eigenvalue weighted by Gasteiger charge is 2.20. The summed E-state index contributed by atoms with van der Waals surface area (Å²) in [5.74, 6) is -0.472. The molecule has 0 radical (unpaired) electrons. The number of methoxy groups -OCH3 is 1. The van der Waals surface area contributed by atoms with Gasteiger partial charge in [0.2, 0.25) is 0 Å². The highest BCUT2D eigenvalue weighted by molar-refractivity contribution is 5.96. The summed E-state index contributed by atoms with van der Waals surface area (Å²) in [7, 11) is 1.52. The summed E-state index contributed by atoms with van der Waals surface area (Å²) in [6, 6.07) is 8.50. The van der Waals surface area contributed by atoms with Crippen molar-refractivity contribution in [2.75, 3.05) is 33.4 Å². The Hall–Kier alpha value is -2.18. The van der Waals surface area contributed by atoms with Crippen molar-refractivity contribution in [1.82, 2.24) is 4.90 Å². The van der Waals surface area contributed by atoms with Gasteiger partial charge < -0.3 is 19.2 Å². The predicted octanol–water partition coefficient (Wildman–Crippen LogP) is 0.874. The summed E-state index contributed by atoms with van der Waals surface area (Å²) in [5, 5.41) is 9.71. The summed E-state index contributed by atoms with van der Waals surface area (Å²) < 4.78 is 10.1. The minimum absolute atomic E-state index is 0.0433. The number of hydrogen-bond acceptors (Lipinski definition) is 5. The molecule has 0 bridgehead atoms. The number of aliphatic hydroxyl groups excluding tert-OH is 1. The van der Waals surface area contributed by atoms with Gasteiger partial charge in [-0.3, -0.25) is 4.79 Å². The molecule has 0 aliphatic rings. The Morgan fingerprint density at radius 1 is 1.33 bits per heavy atom. The number of aliphatic hydroxyl groups is 1. The molecule has 0 saturated carbocycles. The maximum absolute atomic E-state index is 12.4. The number of para-hydroxylation sites is 1. The molecule has 2 rings (SSSR count). The zero-order chi connectivity index (χ0) is 15.2. The van der Waals surface area contributed by atoms with Crippen LogP contribution in [0.5, 0.6) is 0 Å². The molecule has 0 aliphatic carbocycles. The van der Waals surface area contributed by atoms with E-state index in [4.69, 9.17) is 14.3 Å². The molecular weight excluding hydrogens is 274 g/mol. The number of ether oxygens (including phenoxy) is 1. The van der Waals surface area contributed by atoms with E-state index in [9.17, 15) is 9.59 Å². The van der Waals surface area contributed by atoms with Gasteiger partial charge in [0, 0.05) is 25.6 Å². The first-order valence-electron chi connectivity index (χ1n) is 6.59. The zero-order valence-corrected chi connectivity index (χ0v) is 11.7. The molecule has 0 fully saturated rings. The van der Waals surface area contributed by atoms with Crippen LogP contribution in [-0.2, 0) is 4.74 Å². The van der Waals surface area contributed by atoms with Gasteiger partial charge in [-0.25, -0.2) is 4.79 Å². The predicted molar refractivity (Wildman–Crippen MR) is 77.3 cm³/mol. The fourth-order valence-corrected chi connectivity index (χ4v) is 2.02. The summed E-state index contributed by atoms with van der Waals surface area (Å²) in [4.78, 5) is 25.7. The summed E-state index contributed by atoms with van der Waals surface area (Å²) >= 11 is 0. The Labute approximate surface area is 121 Å². The summed E-state index contributed by atoms with van der Waals surface area (Å²) in [6.45, 7) is 0.565. The van der Waals surface area contributed by atoms with Gasteiger partial charge in [-0.15, -0.1) is 0 Å². The minimum atomic E-state index is -0.681. The van der Waals surface area contributed by atoms with E-state index in [-0.39, 0.29) is 18.7 Å². The average Bonchev–Trinajstić information content (AvgIpc) is 2.50. The molecule has 0 unspecified atom stereocenters. The van der Waals surface area contributed by atoms with Gasteiger partial charge in [0.25, 0.3) is 5.91 Å². The Morgan fingerprint density at radius 2 is 2.10 bits per heavy atom. The number of hydrogen-bond donors (Lipinski definition) is 1. The van der Waals surface area contributed by atoms with Gasteiger partial charge in [0.1, 0.15) is 11.1 Å². The van der Waals surface area contributed by atoms with Crippen LogP contribution in [0, 0.1) is 0 Å². The molecule has 6 nitrogen and oxygen atoms in total. The van der Waals surface area contributed by atoms with Crippen molar-refractivity contribution in [3.05, 3.63) is 46.3 Å². The second kappa shape index (κ2) is 7.01. The van der Waals surface area contributed by atoms with E-state index in [1.807, 2.05) is 0 Å². The largest absolute Gasteiger partial charge is 0.422 e. The highest BCUT2D eigenvalue weighted by Crippen LogP contribution is 2.13. The van der Waals surface area contributed by atoms with Gasteiger partial charge in [0.15, 0.2) is 0 Å². The Balaban J connectivity index is 2.36. The number of nitrogens with zero attached hydrogens (tertiary/aromatic N) is 1. The molecule has 0 aliphatic heterocycles. The molecule has 112 valence electrons. The Bertz CT molecular complexity index is 679. The SMILES string of the molecule is COCCN(CCO)C(=O)c1cc2ccccc2oc1=O. The lowest BCUT2D eigenvalue weighted by molar-refractivity contribution is 0.0652. The van der Waals surface area contributed by atoms with Gasteiger partial charge in [0.05, 0.1) is 13.2 Å². The monoisotopic (exact) mass is 291 g/mol. The van der Waals surface area contributed by atoms with Crippen LogP contribution in [0.4, 0.5) is 0 Å². The third kappa shape index (κ3) is 3.48. The third-order valence-electron chi connectivity index (χ3n) is 3.09. The first kappa shape index (κ1) is 15.2. The van der Waals surface area contributed by atoms with Crippen molar-refractivity contribution in [2.24, 2.45) is 0 Å². The maximum atomic E-state index is 12.4. The molecule has 1 amide bonds. The van der Waals surface area contributed by atoms with Crippen molar-refractivity contribution in [2.45, 2.75) is 0 Å². The van der Waals surface area contributed by atoms with Crippen LogP contribution in [0.25, 0.3) is 11.0 Å². The first-order chi connectivity index (χ1) is 10.2. The molecule has 1 heterocycles. The Morgan fingerprint density at radius 3 is 2.81 bits per heavy atom. The molecular formula is C15H17NO5. The second-order valence-corrected chi connectivity index (χ2v) is 4.49. The highest BCUT2D eigenvalue weighted by atomic mass is 16.5. The van der Waals surface area contributed by atoms with Crippen molar-refractivity contribution in [1.29, 1.82) is 0 Å². The first-order valence-corrected chi connectivity index (χ1v) is 6.59. The molecule has 1 aromatic carbocycles. The van der Waals surface area contributed by atoms with Crippen molar-refractivity contribution in [3.8, 4) is 0 Å². The minimum Gasteiger partial charge on any atom is -0.422 e. The molecule has 0 atom stereocenters. The van der Waals surface area contributed by atoms with E-state index in [1.54, 1.807) is 24.3 Å². The van der Waals surface area contributed by atoms with Gasteiger partial charge >= 0.3 is 5.63 Å². The topological polar surface area (TPSA) is 80.0 Å². The van der Waals surface area contributed by atoms with E-state index in [0.29, 0.717) is 24.1 Å². The molecule has 1 aromatic heterocycles. The van der Waals surface area contributed by atoms with Gasteiger partial charge in [-0.2, -0.15) is 0 Å². The van der Waals surface area contributed by atoms with Crippen molar-refractivity contribution >= 4 is 16.9 Å². The lowest BCUT2D eigenvalue weighted by atomic mass is 10.1. The van der Waals surface area contributed by atoms with Crippen LogP contribution in [0.2, 0.25) is 0 Å². The molecule has 0 spiro atoms. The normalized spacial score (nSPS) is 10.8. The fourth-order valence-electron chi connectivity index (χ4n) is 2.02.